The number of benzene rings is 6. The summed E-state index contributed by atoms with van der Waals surface area (Å²) in [6, 6.07) is 48.7. The number of aromatic nitrogens is 2. The Bertz CT molecular complexity index is 2190. The minimum Gasteiger partial charge on any atom is -0.334 e. The smallest absolute Gasteiger partial charge is 0.164 e. The largest absolute Gasteiger partial charge is 0.334 e. The standard InChI is InChI=1S/C42H36N4S/c1-27(2)28-17-21-30(22-18-28)40(43)47-42(44-3)32-23-19-29(20-24-32)38-26-39(46-41(45-38)31-11-5-4-6-12-31)37-25-33-13-7-8-14-34(33)35-15-9-10-16-36(35)37/h4-27,42-44H,1-3H3/p+1. The lowest BCUT2D eigenvalue weighted by molar-refractivity contribution is -0.646. The van der Waals surface area contributed by atoms with E-state index >= 15 is 0 Å². The van der Waals surface area contributed by atoms with Crippen LogP contribution in [-0.2, 0) is 0 Å². The Morgan fingerprint density at radius 1 is 0.617 bits per heavy atom. The van der Waals surface area contributed by atoms with Gasteiger partial charge in [0.05, 0.1) is 18.4 Å². The molecule has 0 aliphatic carbocycles. The molecule has 1 heterocycles. The third kappa shape index (κ3) is 6.33. The van der Waals surface area contributed by atoms with Crippen LogP contribution in [0.15, 0.2) is 140 Å². The van der Waals surface area contributed by atoms with E-state index in [-0.39, 0.29) is 5.37 Å². The van der Waals surface area contributed by atoms with Crippen molar-refractivity contribution in [3.63, 3.8) is 0 Å². The number of nitrogens with one attached hydrogen (secondary N) is 1. The SMILES string of the molecule is C[NH2+]C(SC(=N)c1ccc(C(C)C)cc1)c1ccc(-c2cc(-c3cc4ccccc4c4ccccc34)nc(-c3ccccc3)n2)cc1. The maximum Gasteiger partial charge on any atom is 0.164 e. The number of hydrogen-bond donors (Lipinski definition) is 2. The van der Waals surface area contributed by atoms with E-state index in [1.807, 2.05) is 18.2 Å². The number of quaternary nitrogens is 1. The van der Waals surface area contributed by atoms with Crippen LogP contribution in [0.4, 0.5) is 0 Å². The molecule has 4 nitrogen and oxygen atoms in total. The molecule has 47 heavy (non-hydrogen) atoms. The van der Waals surface area contributed by atoms with Gasteiger partial charge in [-0.3, -0.25) is 5.41 Å². The number of nitrogens with zero attached hydrogens (tertiary/aromatic N) is 2. The third-order valence-electron chi connectivity index (χ3n) is 8.72. The highest BCUT2D eigenvalue weighted by Crippen LogP contribution is 2.36. The molecule has 0 bridgehead atoms. The first kappa shape index (κ1) is 30.5. The van der Waals surface area contributed by atoms with Crippen molar-refractivity contribution in [2.45, 2.75) is 25.1 Å². The molecule has 1 unspecified atom stereocenters. The van der Waals surface area contributed by atoms with Gasteiger partial charge in [0.15, 0.2) is 11.2 Å². The molecule has 0 saturated carbocycles. The Morgan fingerprint density at radius 2 is 1.23 bits per heavy atom. The maximum atomic E-state index is 8.81. The first-order chi connectivity index (χ1) is 23.0. The molecule has 0 spiro atoms. The van der Waals surface area contributed by atoms with E-state index in [0.29, 0.717) is 16.8 Å². The zero-order chi connectivity index (χ0) is 32.3. The van der Waals surface area contributed by atoms with Crippen LogP contribution in [0.2, 0.25) is 0 Å². The second-order valence-corrected chi connectivity index (χ2v) is 13.3. The van der Waals surface area contributed by atoms with E-state index in [1.54, 1.807) is 11.8 Å². The van der Waals surface area contributed by atoms with E-state index in [0.717, 1.165) is 39.2 Å². The van der Waals surface area contributed by atoms with Crippen molar-refractivity contribution in [2.24, 2.45) is 0 Å². The minimum atomic E-state index is 0.0612. The Balaban J connectivity index is 1.26. The fraction of sp³-hybridized carbons (Fsp3) is 0.119. The number of hydrogen-bond acceptors (Lipinski definition) is 4. The fourth-order valence-electron chi connectivity index (χ4n) is 6.10. The second kappa shape index (κ2) is 13.3. The van der Waals surface area contributed by atoms with E-state index in [9.17, 15) is 0 Å². The molecule has 0 amide bonds. The van der Waals surface area contributed by atoms with Crippen molar-refractivity contribution in [1.82, 2.24) is 9.97 Å². The average Bonchev–Trinajstić information content (AvgIpc) is 3.13. The molecule has 230 valence electrons. The molecule has 0 aliphatic rings. The molecular formula is C42H37N4S+. The fourth-order valence-corrected chi connectivity index (χ4v) is 7.06. The van der Waals surface area contributed by atoms with Crippen LogP contribution in [0.5, 0.6) is 0 Å². The number of nitrogens with two attached hydrogens (primary N) is 1. The van der Waals surface area contributed by atoms with Gasteiger partial charge in [0.2, 0.25) is 0 Å². The summed E-state index contributed by atoms with van der Waals surface area (Å²) in [7, 11) is 2.07. The van der Waals surface area contributed by atoms with Crippen molar-refractivity contribution >= 4 is 38.4 Å². The lowest BCUT2D eigenvalue weighted by Gasteiger charge is -2.15. The maximum absolute atomic E-state index is 8.81. The lowest BCUT2D eigenvalue weighted by Crippen LogP contribution is -2.80. The summed E-state index contributed by atoms with van der Waals surface area (Å²) in [6.45, 7) is 4.38. The lowest BCUT2D eigenvalue weighted by atomic mass is 9.95. The quantitative estimate of drug-likeness (QED) is 0.0761. The summed E-state index contributed by atoms with van der Waals surface area (Å²) >= 11 is 1.57. The van der Waals surface area contributed by atoms with Crippen LogP contribution < -0.4 is 5.32 Å². The first-order valence-corrected chi connectivity index (χ1v) is 17.0. The first-order valence-electron chi connectivity index (χ1n) is 16.1. The molecule has 0 fully saturated rings. The second-order valence-electron chi connectivity index (χ2n) is 12.1. The van der Waals surface area contributed by atoms with Gasteiger partial charge in [0, 0.05) is 27.8 Å². The molecule has 6 aromatic carbocycles. The van der Waals surface area contributed by atoms with Crippen molar-refractivity contribution in [2.75, 3.05) is 7.05 Å². The molecule has 7 aromatic rings. The van der Waals surface area contributed by atoms with Crippen LogP contribution in [-0.4, -0.2) is 22.1 Å². The molecule has 1 atom stereocenters. The molecule has 0 radical (unpaired) electrons. The highest BCUT2D eigenvalue weighted by molar-refractivity contribution is 8.14. The highest BCUT2D eigenvalue weighted by atomic mass is 32.2. The number of fused-ring (bicyclic) bond motifs is 3. The molecule has 3 N–H and O–H groups in total. The monoisotopic (exact) mass is 629 g/mol. The Labute approximate surface area is 280 Å². The van der Waals surface area contributed by atoms with E-state index in [4.69, 9.17) is 15.4 Å². The van der Waals surface area contributed by atoms with E-state index in [2.05, 4.69) is 148 Å². The predicted molar refractivity (Wildman–Crippen MR) is 199 cm³/mol. The van der Waals surface area contributed by atoms with Crippen molar-refractivity contribution < 1.29 is 5.32 Å². The summed E-state index contributed by atoms with van der Waals surface area (Å²) in [6.07, 6.45) is 0. The summed E-state index contributed by atoms with van der Waals surface area (Å²) in [4.78, 5) is 10.2. The van der Waals surface area contributed by atoms with Crippen LogP contribution in [0, 0.1) is 5.41 Å². The Morgan fingerprint density at radius 3 is 1.94 bits per heavy atom. The van der Waals surface area contributed by atoms with Gasteiger partial charge in [0.1, 0.15) is 5.04 Å². The van der Waals surface area contributed by atoms with Gasteiger partial charge in [-0.1, -0.05) is 141 Å². The minimum absolute atomic E-state index is 0.0612. The van der Waals surface area contributed by atoms with E-state index in [1.165, 1.54) is 27.1 Å². The normalized spacial score (nSPS) is 12.1. The molecule has 1 aromatic heterocycles. The molecule has 7 rings (SSSR count). The summed E-state index contributed by atoms with van der Waals surface area (Å²) in [5.41, 5.74) is 8.26. The Kier molecular flexibility index (Phi) is 8.66. The zero-order valence-corrected chi connectivity index (χ0v) is 27.6. The van der Waals surface area contributed by atoms with Crippen LogP contribution in [0.3, 0.4) is 0 Å². The van der Waals surface area contributed by atoms with Gasteiger partial charge in [-0.2, -0.15) is 0 Å². The average molecular weight is 630 g/mol. The van der Waals surface area contributed by atoms with Gasteiger partial charge in [-0.05, 0) is 56.9 Å². The van der Waals surface area contributed by atoms with Gasteiger partial charge >= 0.3 is 0 Å². The Hall–Kier alpha value is -5.10. The molecular weight excluding hydrogens is 593 g/mol. The van der Waals surface area contributed by atoms with Crippen molar-refractivity contribution in [3.05, 3.63) is 156 Å². The summed E-state index contributed by atoms with van der Waals surface area (Å²) in [5.74, 6) is 1.18. The topological polar surface area (TPSA) is 66.2 Å². The molecule has 0 saturated heterocycles. The molecule has 0 aliphatic heterocycles. The predicted octanol–water partition coefficient (Wildman–Crippen LogP) is 9.86. The van der Waals surface area contributed by atoms with Gasteiger partial charge < -0.3 is 5.32 Å². The summed E-state index contributed by atoms with van der Waals surface area (Å²) in [5, 5.41) is 16.4. The van der Waals surface area contributed by atoms with Gasteiger partial charge in [-0.15, -0.1) is 0 Å². The van der Waals surface area contributed by atoms with Crippen LogP contribution >= 0.6 is 11.8 Å². The van der Waals surface area contributed by atoms with Gasteiger partial charge in [0.25, 0.3) is 0 Å². The molecule has 5 heteroatoms. The zero-order valence-electron chi connectivity index (χ0n) is 26.8. The van der Waals surface area contributed by atoms with Crippen molar-refractivity contribution in [3.8, 4) is 33.9 Å². The van der Waals surface area contributed by atoms with Gasteiger partial charge in [-0.25, -0.2) is 9.97 Å². The van der Waals surface area contributed by atoms with Crippen molar-refractivity contribution in [1.29, 1.82) is 5.41 Å². The van der Waals surface area contributed by atoms with Crippen LogP contribution in [0.1, 0.15) is 41.8 Å². The number of rotatable bonds is 8. The van der Waals surface area contributed by atoms with Crippen LogP contribution in [0.25, 0.3) is 55.4 Å². The number of thioether (sulfide) groups is 1. The highest BCUT2D eigenvalue weighted by Gasteiger charge is 2.19. The third-order valence-corrected chi connectivity index (χ3v) is 9.99. The van der Waals surface area contributed by atoms with E-state index < -0.39 is 0 Å². The summed E-state index contributed by atoms with van der Waals surface area (Å²) < 4.78 is 0.